The third kappa shape index (κ3) is 2.30. The molecule has 0 aliphatic rings. The van der Waals surface area contributed by atoms with Crippen LogP contribution in [-0.4, -0.2) is 27.3 Å². The average Bonchev–Trinajstić information content (AvgIpc) is 2.50. The SMILES string of the molecule is NC(CC(=O)O)c1cc(C(=O)O)no1. The molecule has 14 heavy (non-hydrogen) atoms. The summed E-state index contributed by atoms with van der Waals surface area (Å²) >= 11 is 0. The van der Waals surface area contributed by atoms with Crippen molar-refractivity contribution in [2.75, 3.05) is 0 Å². The molecule has 0 aliphatic heterocycles. The van der Waals surface area contributed by atoms with Crippen LogP contribution in [0.25, 0.3) is 0 Å². The van der Waals surface area contributed by atoms with Crippen molar-refractivity contribution in [2.24, 2.45) is 5.73 Å². The smallest absolute Gasteiger partial charge is 0.358 e. The maximum absolute atomic E-state index is 10.4. The molecule has 1 unspecified atom stereocenters. The van der Waals surface area contributed by atoms with E-state index >= 15 is 0 Å². The van der Waals surface area contributed by atoms with E-state index in [-0.39, 0.29) is 17.9 Å². The molecule has 7 nitrogen and oxygen atoms in total. The van der Waals surface area contributed by atoms with Crippen LogP contribution in [0.1, 0.15) is 28.7 Å². The first-order chi connectivity index (χ1) is 6.50. The number of hydrogen-bond donors (Lipinski definition) is 3. The highest BCUT2D eigenvalue weighted by Crippen LogP contribution is 2.14. The Morgan fingerprint density at radius 2 is 2.21 bits per heavy atom. The molecule has 0 fully saturated rings. The number of nitrogens with zero attached hydrogens (tertiary/aromatic N) is 1. The van der Waals surface area contributed by atoms with Crippen LogP contribution in [-0.2, 0) is 4.79 Å². The summed E-state index contributed by atoms with van der Waals surface area (Å²) in [5.41, 5.74) is 5.11. The Kier molecular flexibility index (Phi) is 2.82. The van der Waals surface area contributed by atoms with Crippen molar-refractivity contribution in [2.45, 2.75) is 12.5 Å². The number of aliphatic carboxylic acids is 1. The zero-order chi connectivity index (χ0) is 10.7. The van der Waals surface area contributed by atoms with Crippen molar-refractivity contribution >= 4 is 11.9 Å². The Morgan fingerprint density at radius 3 is 2.64 bits per heavy atom. The second kappa shape index (κ2) is 3.88. The molecule has 76 valence electrons. The van der Waals surface area contributed by atoms with Crippen molar-refractivity contribution in [3.8, 4) is 0 Å². The first kappa shape index (κ1) is 10.2. The summed E-state index contributed by atoms with van der Waals surface area (Å²) in [4.78, 5) is 20.6. The summed E-state index contributed by atoms with van der Waals surface area (Å²) in [5, 5.41) is 20.1. The standard InChI is InChI=1S/C7H8N2O5/c8-3(1-6(10)11)5-2-4(7(12)13)9-14-5/h2-3H,1,8H2,(H,10,11)(H,12,13). The molecular formula is C7H8N2O5. The highest BCUT2D eigenvalue weighted by Gasteiger charge is 2.18. The first-order valence-corrected chi connectivity index (χ1v) is 3.68. The number of carboxylic acids is 2. The summed E-state index contributed by atoms with van der Waals surface area (Å²) in [6.45, 7) is 0. The molecule has 0 aliphatic carbocycles. The molecule has 0 bridgehead atoms. The number of carbonyl (C=O) groups is 2. The van der Waals surface area contributed by atoms with Gasteiger partial charge in [-0.25, -0.2) is 4.79 Å². The highest BCUT2D eigenvalue weighted by atomic mass is 16.5. The topological polar surface area (TPSA) is 127 Å². The fourth-order valence-corrected chi connectivity index (χ4v) is 0.854. The lowest BCUT2D eigenvalue weighted by Gasteiger charge is -2.01. The zero-order valence-electron chi connectivity index (χ0n) is 7.01. The predicted molar refractivity (Wildman–Crippen MR) is 42.6 cm³/mol. The van der Waals surface area contributed by atoms with E-state index in [0.29, 0.717) is 0 Å². The molecule has 1 rings (SSSR count). The third-order valence-electron chi connectivity index (χ3n) is 1.51. The first-order valence-electron chi connectivity index (χ1n) is 3.68. The van der Waals surface area contributed by atoms with E-state index in [4.69, 9.17) is 15.9 Å². The van der Waals surface area contributed by atoms with Gasteiger partial charge in [-0.05, 0) is 0 Å². The molecule has 1 atom stereocenters. The maximum Gasteiger partial charge on any atom is 0.358 e. The van der Waals surface area contributed by atoms with E-state index in [0.717, 1.165) is 6.07 Å². The Bertz CT molecular complexity index is 359. The van der Waals surface area contributed by atoms with Gasteiger partial charge in [0.05, 0.1) is 12.5 Å². The number of hydrogen-bond acceptors (Lipinski definition) is 5. The van der Waals surface area contributed by atoms with Gasteiger partial charge in [-0.15, -0.1) is 0 Å². The summed E-state index contributed by atoms with van der Waals surface area (Å²) in [6, 6.07) is 0.226. The molecule has 4 N–H and O–H groups in total. The van der Waals surface area contributed by atoms with Gasteiger partial charge in [0.1, 0.15) is 0 Å². The summed E-state index contributed by atoms with van der Waals surface area (Å²) in [5.74, 6) is -2.29. The minimum atomic E-state index is -1.25. The largest absolute Gasteiger partial charge is 0.481 e. The van der Waals surface area contributed by atoms with Crippen molar-refractivity contribution in [1.29, 1.82) is 0 Å². The second-order valence-electron chi connectivity index (χ2n) is 2.62. The Labute approximate surface area is 78.1 Å². The molecule has 0 saturated carbocycles. The molecular weight excluding hydrogens is 192 g/mol. The van der Waals surface area contributed by atoms with E-state index in [1.165, 1.54) is 0 Å². The molecule has 0 spiro atoms. The lowest BCUT2D eigenvalue weighted by atomic mass is 10.1. The Balaban J connectivity index is 2.76. The van der Waals surface area contributed by atoms with E-state index in [1.54, 1.807) is 0 Å². The van der Waals surface area contributed by atoms with Crippen molar-refractivity contribution in [3.63, 3.8) is 0 Å². The number of rotatable bonds is 4. The number of aromatic carboxylic acids is 1. The number of aromatic nitrogens is 1. The van der Waals surface area contributed by atoms with E-state index < -0.39 is 18.0 Å². The minimum Gasteiger partial charge on any atom is -0.481 e. The van der Waals surface area contributed by atoms with Gasteiger partial charge in [-0.3, -0.25) is 4.79 Å². The fraction of sp³-hybridized carbons (Fsp3) is 0.286. The van der Waals surface area contributed by atoms with Crippen LogP contribution in [0.3, 0.4) is 0 Å². The van der Waals surface area contributed by atoms with Gasteiger partial charge in [0.25, 0.3) is 0 Å². The van der Waals surface area contributed by atoms with Crippen LogP contribution >= 0.6 is 0 Å². The van der Waals surface area contributed by atoms with E-state index in [1.807, 2.05) is 0 Å². The molecule has 0 saturated heterocycles. The van der Waals surface area contributed by atoms with Crippen molar-refractivity contribution < 1.29 is 24.3 Å². The van der Waals surface area contributed by atoms with E-state index in [2.05, 4.69) is 9.68 Å². The lowest BCUT2D eigenvalue weighted by Crippen LogP contribution is -2.14. The van der Waals surface area contributed by atoms with Crippen LogP contribution in [0, 0.1) is 0 Å². The third-order valence-corrected chi connectivity index (χ3v) is 1.51. The molecule has 1 heterocycles. The normalized spacial score (nSPS) is 12.4. The lowest BCUT2D eigenvalue weighted by molar-refractivity contribution is -0.137. The minimum absolute atomic E-state index is 0.0461. The Morgan fingerprint density at radius 1 is 1.57 bits per heavy atom. The van der Waals surface area contributed by atoms with Crippen LogP contribution < -0.4 is 5.73 Å². The van der Waals surface area contributed by atoms with E-state index in [9.17, 15) is 9.59 Å². The average molecular weight is 200 g/mol. The van der Waals surface area contributed by atoms with Crippen molar-refractivity contribution in [3.05, 3.63) is 17.5 Å². The highest BCUT2D eigenvalue weighted by molar-refractivity contribution is 5.85. The summed E-state index contributed by atoms with van der Waals surface area (Å²) < 4.78 is 4.57. The van der Waals surface area contributed by atoms with Crippen LogP contribution in [0.15, 0.2) is 10.6 Å². The van der Waals surface area contributed by atoms with Crippen molar-refractivity contribution in [1.82, 2.24) is 5.16 Å². The molecule has 0 amide bonds. The zero-order valence-corrected chi connectivity index (χ0v) is 7.01. The van der Waals surface area contributed by atoms with Gasteiger partial charge in [-0.2, -0.15) is 0 Å². The van der Waals surface area contributed by atoms with Gasteiger partial charge in [0.15, 0.2) is 11.5 Å². The quantitative estimate of drug-likeness (QED) is 0.616. The maximum atomic E-state index is 10.4. The van der Waals surface area contributed by atoms with Gasteiger partial charge in [0.2, 0.25) is 0 Å². The monoisotopic (exact) mass is 200 g/mol. The number of nitrogens with two attached hydrogens (primary N) is 1. The molecule has 7 heteroatoms. The van der Waals surface area contributed by atoms with Gasteiger partial charge in [-0.1, -0.05) is 5.16 Å². The molecule has 1 aromatic heterocycles. The predicted octanol–water partition coefficient (Wildman–Crippen LogP) is -0.153. The van der Waals surface area contributed by atoms with Crippen LogP contribution in [0.5, 0.6) is 0 Å². The number of carboxylic acid groups (broad SMARTS) is 2. The molecule has 0 aromatic carbocycles. The van der Waals surface area contributed by atoms with Gasteiger partial charge >= 0.3 is 11.9 Å². The van der Waals surface area contributed by atoms with Gasteiger partial charge in [0, 0.05) is 6.07 Å². The van der Waals surface area contributed by atoms with Crippen LogP contribution in [0.2, 0.25) is 0 Å². The summed E-state index contributed by atoms with van der Waals surface area (Å²) in [7, 11) is 0. The van der Waals surface area contributed by atoms with Gasteiger partial charge < -0.3 is 20.5 Å². The molecule has 1 aromatic rings. The Hall–Kier alpha value is -1.89. The summed E-state index contributed by atoms with van der Waals surface area (Å²) in [6.07, 6.45) is -0.339. The fourth-order valence-electron chi connectivity index (χ4n) is 0.854. The second-order valence-corrected chi connectivity index (χ2v) is 2.62. The molecule has 0 radical (unpaired) electrons. The van der Waals surface area contributed by atoms with Crippen LogP contribution in [0.4, 0.5) is 0 Å².